The first-order chi connectivity index (χ1) is 13.8. The Hall–Kier alpha value is -4.08. The number of carboxylic acid groups (broad SMARTS) is 1. The van der Waals surface area contributed by atoms with Crippen molar-refractivity contribution in [3.8, 4) is 11.5 Å². The third kappa shape index (κ3) is 3.95. The van der Waals surface area contributed by atoms with Crippen molar-refractivity contribution in [3.63, 3.8) is 0 Å². The van der Waals surface area contributed by atoms with E-state index in [1.165, 1.54) is 48.5 Å². The van der Waals surface area contributed by atoms with E-state index < -0.39 is 29.9 Å². The number of rotatable bonds is 6. The molecular formula is C19H17N3O7. The molecular weight excluding hydrogens is 382 g/mol. The molecule has 2 amide bonds. The molecule has 5 N–H and O–H groups in total. The van der Waals surface area contributed by atoms with Gasteiger partial charge in [-0.3, -0.25) is 9.59 Å². The Morgan fingerprint density at radius 1 is 1.03 bits per heavy atom. The molecule has 0 saturated carbocycles. The first-order valence-corrected chi connectivity index (χ1v) is 8.46. The number of carbonyl (C=O) groups excluding carboxylic acids is 2. The van der Waals surface area contributed by atoms with Gasteiger partial charge in [-0.25, -0.2) is 4.79 Å². The van der Waals surface area contributed by atoms with E-state index in [1.807, 2.05) is 0 Å². The quantitative estimate of drug-likeness (QED) is 0.204. The number of phenolic OH excluding ortho intramolecular Hbond substituents is 2. The van der Waals surface area contributed by atoms with Crippen LogP contribution in [0.15, 0.2) is 53.7 Å². The van der Waals surface area contributed by atoms with Gasteiger partial charge in [0.2, 0.25) is 5.91 Å². The van der Waals surface area contributed by atoms with Crippen molar-refractivity contribution in [1.29, 1.82) is 0 Å². The van der Waals surface area contributed by atoms with Crippen LogP contribution < -0.4 is 5.32 Å². The van der Waals surface area contributed by atoms with Gasteiger partial charge in [0.15, 0.2) is 11.8 Å². The number of aromatic hydroxyl groups is 2. The minimum Gasteiger partial charge on any atom is -0.508 e. The molecule has 0 radical (unpaired) electrons. The smallest absolute Gasteiger partial charge is 0.331 e. The summed E-state index contributed by atoms with van der Waals surface area (Å²) in [4.78, 5) is 37.5. The second kappa shape index (κ2) is 7.89. The number of phenols is 2. The van der Waals surface area contributed by atoms with E-state index in [1.54, 1.807) is 0 Å². The van der Waals surface area contributed by atoms with Crippen LogP contribution in [0.25, 0.3) is 0 Å². The number of benzene rings is 2. The monoisotopic (exact) mass is 399 g/mol. The summed E-state index contributed by atoms with van der Waals surface area (Å²) >= 11 is 0. The lowest BCUT2D eigenvalue weighted by molar-refractivity contribution is -0.160. The number of aliphatic carboxylic acids is 1. The lowest BCUT2D eigenvalue weighted by Crippen LogP contribution is -2.66. The maximum Gasteiger partial charge on any atom is 0.331 e. The highest BCUT2D eigenvalue weighted by atomic mass is 16.4. The first kappa shape index (κ1) is 19.7. The molecule has 0 bridgehead atoms. The molecule has 0 aliphatic carbocycles. The van der Waals surface area contributed by atoms with E-state index in [2.05, 4.69) is 10.5 Å². The summed E-state index contributed by atoms with van der Waals surface area (Å²) in [6, 6.07) is 8.53. The number of nitrogens with zero attached hydrogens (tertiary/aromatic N) is 2. The average molecular weight is 399 g/mol. The number of hydrogen-bond acceptors (Lipinski definition) is 7. The number of carboxylic acids is 1. The van der Waals surface area contributed by atoms with Crippen molar-refractivity contribution in [2.75, 3.05) is 6.54 Å². The summed E-state index contributed by atoms with van der Waals surface area (Å²) in [6.45, 7) is -0.0588. The third-order valence-electron chi connectivity index (χ3n) is 4.48. The highest BCUT2D eigenvalue weighted by Gasteiger charge is 2.45. The zero-order valence-corrected chi connectivity index (χ0v) is 14.9. The van der Waals surface area contributed by atoms with Gasteiger partial charge in [-0.2, -0.15) is 0 Å². The second-order valence-electron chi connectivity index (χ2n) is 6.34. The molecule has 2 atom stereocenters. The van der Waals surface area contributed by atoms with E-state index >= 15 is 0 Å². The SMILES string of the molecule is O=C(N[C@H]1CN([C@H](C(=O)O)c2ccc(O)cc2)C1=O)/C(=N/O)c1ccc(O)cc1. The Morgan fingerprint density at radius 3 is 2.07 bits per heavy atom. The Morgan fingerprint density at radius 2 is 1.59 bits per heavy atom. The molecule has 3 rings (SSSR count). The predicted molar refractivity (Wildman–Crippen MR) is 98.6 cm³/mol. The molecule has 1 fully saturated rings. The van der Waals surface area contributed by atoms with Crippen LogP contribution in [0.5, 0.6) is 11.5 Å². The maximum atomic E-state index is 12.4. The van der Waals surface area contributed by atoms with Crippen LogP contribution in [0, 0.1) is 0 Å². The van der Waals surface area contributed by atoms with Gasteiger partial charge < -0.3 is 30.7 Å². The Labute approximate surface area is 164 Å². The zero-order valence-electron chi connectivity index (χ0n) is 14.9. The Balaban J connectivity index is 1.69. The standard InChI is InChI=1S/C19H17N3O7/c23-12-5-1-10(2-6-12)15(21-29)17(25)20-14-9-22(18(14)26)16(19(27)28)11-3-7-13(24)8-4-11/h1-8,14,16,23-24,29H,9H2,(H,20,25)(H,27,28)/b21-15+/t14-,16-/m0/s1. The Kier molecular flexibility index (Phi) is 5.35. The van der Waals surface area contributed by atoms with Gasteiger partial charge in [-0.15, -0.1) is 0 Å². The normalized spacial score (nSPS) is 17.4. The van der Waals surface area contributed by atoms with E-state index in [0.717, 1.165) is 4.90 Å². The van der Waals surface area contributed by atoms with Crippen molar-refractivity contribution in [1.82, 2.24) is 10.2 Å². The van der Waals surface area contributed by atoms with Gasteiger partial charge in [-0.1, -0.05) is 17.3 Å². The molecule has 150 valence electrons. The fourth-order valence-corrected chi connectivity index (χ4v) is 2.99. The van der Waals surface area contributed by atoms with Crippen molar-refractivity contribution >= 4 is 23.5 Å². The molecule has 1 aliphatic heterocycles. The molecule has 29 heavy (non-hydrogen) atoms. The molecule has 2 aromatic rings. The van der Waals surface area contributed by atoms with Gasteiger partial charge in [0.1, 0.15) is 17.5 Å². The van der Waals surface area contributed by atoms with Crippen molar-refractivity contribution < 1.29 is 34.9 Å². The van der Waals surface area contributed by atoms with Crippen LogP contribution >= 0.6 is 0 Å². The van der Waals surface area contributed by atoms with Crippen LogP contribution in [0.3, 0.4) is 0 Å². The lowest BCUT2D eigenvalue weighted by atomic mass is 9.97. The van der Waals surface area contributed by atoms with E-state index in [4.69, 9.17) is 5.21 Å². The number of β-lactam (4-membered cyclic amide) rings is 1. The fraction of sp³-hybridized carbons (Fsp3) is 0.158. The van der Waals surface area contributed by atoms with Crippen LogP contribution in [0.2, 0.25) is 0 Å². The number of hydrogen-bond donors (Lipinski definition) is 5. The number of amides is 2. The Bertz CT molecular complexity index is 970. The van der Waals surface area contributed by atoms with E-state index in [0.29, 0.717) is 5.56 Å². The van der Waals surface area contributed by atoms with Gasteiger partial charge in [0, 0.05) is 5.56 Å². The van der Waals surface area contributed by atoms with E-state index in [-0.39, 0.29) is 29.3 Å². The van der Waals surface area contributed by atoms with Gasteiger partial charge >= 0.3 is 5.97 Å². The van der Waals surface area contributed by atoms with Gasteiger partial charge in [0.25, 0.3) is 5.91 Å². The summed E-state index contributed by atoms with van der Waals surface area (Å²) in [6.07, 6.45) is 0. The number of oxime groups is 1. The summed E-state index contributed by atoms with van der Waals surface area (Å²) in [7, 11) is 0. The minimum absolute atomic E-state index is 0.0368. The van der Waals surface area contributed by atoms with Crippen molar-refractivity contribution in [2.45, 2.75) is 12.1 Å². The number of nitrogens with one attached hydrogen (secondary N) is 1. The second-order valence-corrected chi connectivity index (χ2v) is 6.34. The summed E-state index contributed by atoms with van der Waals surface area (Å²) < 4.78 is 0. The lowest BCUT2D eigenvalue weighted by Gasteiger charge is -2.42. The summed E-state index contributed by atoms with van der Waals surface area (Å²) in [5, 5.41) is 42.6. The largest absolute Gasteiger partial charge is 0.508 e. The maximum absolute atomic E-state index is 12.4. The number of likely N-dealkylation sites (tertiary alicyclic amines) is 1. The predicted octanol–water partition coefficient (Wildman–Crippen LogP) is 0.429. The molecule has 1 saturated heterocycles. The molecule has 0 unspecified atom stereocenters. The molecule has 1 aliphatic rings. The minimum atomic E-state index is -1.26. The van der Waals surface area contributed by atoms with Gasteiger partial charge in [-0.05, 0) is 42.0 Å². The summed E-state index contributed by atoms with van der Waals surface area (Å²) in [5.74, 6) is -2.77. The van der Waals surface area contributed by atoms with Crippen LogP contribution in [0.4, 0.5) is 0 Å². The molecule has 2 aromatic carbocycles. The number of carbonyl (C=O) groups is 3. The summed E-state index contributed by atoms with van der Waals surface area (Å²) in [5.41, 5.74) is 0.165. The van der Waals surface area contributed by atoms with E-state index in [9.17, 15) is 29.7 Å². The molecule has 0 spiro atoms. The highest BCUT2D eigenvalue weighted by Crippen LogP contribution is 2.28. The van der Waals surface area contributed by atoms with Crippen LogP contribution in [0.1, 0.15) is 17.2 Å². The fourth-order valence-electron chi connectivity index (χ4n) is 2.99. The zero-order chi connectivity index (χ0) is 21.1. The average Bonchev–Trinajstić information content (AvgIpc) is 2.69. The topological polar surface area (TPSA) is 160 Å². The van der Waals surface area contributed by atoms with Crippen molar-refractivity contribution in [3.05, 3.63) is 59.7 Å². The van der Waals surface area contributed by atoms with Gasteiger partial charge in [0.05, 0.1) is 6.54 Å². The first-order valence-electron chi connectivity index (χ1n) is 8.46. The van der Waals surface area contributed by atoms with Crippen molar-refractivity contribution in [2.24, 2.45) is 5.16 Å². The molecule has 10 heteroatoms. The molecule has 1 heterocycles. The van der Waals surface area contributed by atoms with Crippen LogP contribution in [-0.4, -0.2) is 61.5 Å². The van der Waals surface area contributed by atoms with Crippen LogP contribution in [-0.2, 0) is 14.4 Å². The third-order valence-corrected chi connectivity index (χ3v) is 4.48. The molecule has 0 aromatic heterocycles. The highest BCUT2D eigenvalue weighted by molar-refractivity contribution is 6.45. The molecule has 10 nitrogen and oxygen atoms in total.